The van der Waals surface area contributed by atoms with Crippen LogP contribution in [0.1, 0.15) is 40.9 Å². The van der Waals surface area contributed by atoms with Gasteiger partial charge in [-0.1, -0.05) is 37.3 Å². The molecule has 120 valence electrons. The molecular formula is C18H18FNO3. The number of hydrogen-bond acceptors (Lipinski definition) is 2. The first-order chi connectivity index (χ1) is 11.0. The van der Waals surface area contributed by atoms with Gasteiger partial charge in [0.15, 0.2) is 0 Å². The van der Waals surface area contributed by atoms with E-state index in [1.807, 2.05) is 19.1 Å². The number of carbonyl (C=O) groups is 2. The first-order valence-corrected chi connectivity index (χ1v) is 7.37. The van der Waals surface area contributed by atoms with Gasteiger partial charge in [0.1, 0.15) is 5.82 Å². The number of aliphatic carboxylic acids is 1. The van der Waals surface area contributed by atoms with Crippen LogP contribution in [0.25, 0.3) is 0 Å². The lowest BCUT2D eigenvalue weighted by molar-refractivity contribution is -0.137. The summed E-state index contributed by atoms with van der Waals surface area (Å²) in [6.07, 6.45) is 0.426. The Labute approximate surface area is 134 Å². The molecule has 0 radical (unpaired) electrons. The molecule has 23 heavy (non-hydrogen) atoms. The second-order valence-corrected chi connectivity index (χ2v) is 5.19. The van der Waals surface area contributed by atoms with Gasteiger partial charge in [0.25, 0.3) is 5.91 Å². The van der Waals surface area contributed by atoms with Crippen molar-refractivity contribution < 1.29 is 19.1 Å². The molecule has 0 heterocycles. The van der Waals surface area contributed by atoms with Crippen molar-refractivity contribution >= 4 is 11.9 Å². The number of benzene rings is 2. The SMILES string of the molecule is CCc1ccccc1C(=O)NC(CC(=O)O)c1ccc(F)cc1. The minimum atomic E-state index is -1.04. The summed E-state index contributed by atoms with van der Waals surface area (Å²) in [5, 5.41) is 11.8. The lowest BCUT2D eigenvalue weighted by Gasteiger charge is -2.18. The topological polar surface area (TPSA) is 66.4 Å². The molecule has 0 aliphatic carbocycles. The maximum absolute atomic E-state index is 13.0. The number of aryl methyl sites for hydroxylation is 1. The van der Waals surface area contributed by atoms with E-state index in [2.05, 4.69) is 5.32 Å². The van der Waals surface area contributed by atoms with Crippen LogP contribution in [0.5, 0.6) is 0 Å². The molecule has 1 atom stereocenters. The van der Waals surface area contributed by atoms with Crippen LogP contribution in [0.4, 0.5) is 4.39 Å². The van der Waals surface area contributed by atoms with Crippen LogP contribution in [0.2, 0.25) is 0 Å². The highest BCUT2D eigenvalue weighted by Gasteiger charge is 2.20. The molecule has 2 N–H and O–H groups in total. The number of carboxylic acid groups (broad SMARTS) is 1. The summed E-state index contributed by atoms with van der Waals surface area (Å²) in [5.74, 6) is -1.79. The molecule has 1 amide bonds. The van der Waals surface area contributed by atoms with E-state index in [-0.39, 0.29) is 12.3 Å². The zero-order valence-corrected chi connectivity index (χ0v) is 12.8. The van der Waals surface area contributed by atoms with Gasteiger partial charge in [0.05, 0.1) is 12.5 Å². The van der Waals surface area contributed by atoms with E-state index in [0.29, 0.717) is 17.5 Å². The average Bonchev–Trinajstić information content (AvgIpc) is 2.54. The van der Waals surface area contributed by atoms with Crippen LogP contribution in [0, 0.1) is 5.82 Å². The van der Waals surface area contributed by atoms with Crippen LogP contribution >= 0.6 is 0 Å². The van der Waals surface area contributed by atoms with E-state index in [1.165, 1.54) is 24.3 Å². The van der Waals surface area contributed by atoms with Gasteiger partial charge in [0, 0.05) is 5.56 Å². The molecule has 0 saturated heterocycles. The van der Waals surface area contributed by atoms with Crippen LogP contribution in [-0.4, -0.2) is 17.0 Å². The van der Waals surface area contributed by atoms with Gasteiger partial charge in [-0.25, -0.2) is 4.39 Å². The second-order valence-electron chi connectivity index (χ2n) is 5.19. The molecule has 2 rings (SSSR count). The number of rotatable bonds is 6. The molecule has 2 aromatic rings. The Morgan fingerprint density at radius 3 is 2.39 bits per heavy atom. The maximum atomic E-state index is 13.0. The largest absolute Gasteiger partial charge is 0.481 e. The zero-order chi connectivity index (χ0) is 16.8. The van der Waals surface area contributed by atoms with Crippen LogP contribution in [-0.2, 0) is 11.2 Å². The van der Waals surface area contributed by atoms with Crippen LogP contribution in [0.15, 0.2) is 48.5 Å². The van der Waals surface area contributed by atoms with Gasteiger partial charge in [-0.05, 0) is 35.7 Å². The third-order valence-corrected chi connectivity index (χ3v) is 3.60. The van der Waals surface area contributed by atoms with Crippen molar-refractivity contribution in [1.29, 1.82) is 0 Å². The van der Waals surface area contributed by atoms with E-state index >= 15 is 0 Å². The fourth-order valence-electron chi connectivity index (χ4n) is 2.41. The first-order valence-electron chi connectivity index (χ1n) is 7.37. The van der Waals surface area contributed by atoms with E-state index < -0.39 is 17.8 Å². The minimum absolute atomic E-state index is 0.272. The second kappa shape index (κ2) is 7.54. The third kappa shape index (κ3) is 4.39. The average molecular weight is 315 g/mol. The van der Waals surface area contributed by atoms with E-state index in [0.717, 1.165) is 5.56 Å². The van der Waals surface area contributed by atoms with Crippen molar-refractivity contribution in [2.45, 2.75) is 25.8 Å². The summed E-state index contributed by atoms with van der Waals surface area (Å²) in [6.45, 7) is 1.95. The summed E-state index contributed by atoms with van der Waals surface area (Å²) < 4.78 is 13.0. The number of halogens is 1. The third-order valence-electron chi connectivity index (χ3n) is 3.60. The Morgan fingerprint density at radius 2 is 1.78 bits per heavy atom. The fourth-order valence-corrected chi connectivity index (χ4v) is 2.41. The molecule has 4 nitrogen and oxygen atoms in total. The van der Waals surface area contributed by atoms with Crippen molar-refractivity contribution in [2.75, 3.05) is 0 Å². The van der Waals surface area contributed by atoms with Crippen molar-refractivity contribution in [3.8, 4) is 0 Å². The molecule has 5 heteroatoms. The predicted octanol–water partition coefficient (Wildman–Crippen LogP) is 3.33. The Balaban J connectivity index is 2.25. The molecule has 0 fully saturated rings. The standard InChI is InChI=1S/C18H18FNO3/c1-2-12-5-3-4-6-15(12)18(23)20-16(11-17(21)22)13-7-9-14(19)10-8-13/h3-10,16H,2,11H2,1H3,(H,20,23)(H,21,22). The molecule has 0 aliphatic rings. The number of amides is 1. The fraction of sp³-hybridized carbons (Fsp3) is 0.222. The highest BCUT2D eigenvalue weighted by Crippen LogP contribution is 2.19. The summed E-state index contributed by atoms with van der Waals surface area (Å²) >= 11 is 0. The Hall–Kier alpha value is -2.69. The number of nitrogens with one attached hydrogen (secondary N) is 1. The highest BCUT2D eigenvalue weighted by molar-refractivity contribution is 5.96. The lowest BCUT2D eigenvalue weighted by atomic mass is 10.0. The van der Waals surface area contributed by atoms with Crippen LogP contribution in [0.3, 0.4) is 0 Å². The van der Waals surface area contributed by atoms with Gasteiger partial charge < -0.3 is 10.4 Å². The number of carbonyl (C=O) groups excluding carboxylic acids is 1. The Bertz CT molecular complexity index is 698. The van der Waals surface area contributed by atoms with E-state index in [4.69, 9.17) is 5.11 Å². The molecule has 2 aromatic carbocycles. The van der Waals surface area contributed by atoms with Crippen molar-refractivity contribution in [3.05, 3.63) is 71.0 Å². The quantitative estimate of drug-likeness (QED) is 0.859. The van der Waals surface area contributed by atoms with Gasteiger partial charge in [-0.3, -0.25) is 9.59 Å². The summed E-state index contributed by atoms with van der Waals surface area (Å²) in [6, 6.07) is 11.9. The van der Waals surface area contributed by atoms with E-state index in [1.54, 1.807) is 12.1 Å². The van der Waals surface area contributed by atoms with Gasteiger partial charge >= 0.3 is 5.97 Å². The van der Waals surface area contributed by atoms with Gasteiger partial charge in [-0.2, -0.15) is 0 Å². The monoisotopic (exact) mass is 315 g/mol. The van der Waals surface area contributed by atoms with Crippen LogP contribution < -0.4 is 5.32 Å². The Kier molecular flexibility index (Phi) is 5.46. The normalized spacial score (nSPS) is 11.7. The van der Waals surface area contributed by atoms with E-state index in [9.17, 15) is 14.0 Å². The molecule has 0 aliphatic heterocycles. The van der Waals surface area contributed by atoms with Crippen molar-refractivity contribution in [1.82, 2.24) is 5.32 Å². The summed E-state index contributed by atoms with van der Waals surface area (Å²) in [7, 11) is 0. The molecule has 0 bridgehead atoms. The lowest BCUT2D eigenvalue weighted by Crippen LogP contribution is -2.30. The number of carboxylic acids is 1. The smallest absolute Gasteiger partial charge is 0.305 e. The van der Waals surface area contributed by atoms with Gasteiger partial charge in [0.2, 0.25) is 0 Å². The summed E-state index contributed by atoms with van der Waals surface area (Å²) in [4.78, 5) is 23.5. The van der Waals surface area contributed by atoms with Gasteiger partial charge in [-0.15, -0.1) is 0 Å². The van der Waals surface area contributed by atoms with Crippen molar-refractivity contribution in [3.63, 3.8) is 0 Å². The molecule has 0 aromatic heterocycles. The molecule has 1 unspecified atom stereocenters. The zero-order valence-electron chi connectivity index (χ0n) is 12.8. The minimum Gasteiger partial charge on any atom is -0.481 e. The first kappa shape index (κ1) is 16.7. The summed E-state index contributed by atoms with van der Waals surface area (Å²) in [5.41, 5.74) is 1.96. The highest BCUT2D eigenvalue weighted by atomic mass is 19.1. The molecule has 0 spiro atoms. The Morgan fingerprint density at radius 1 is 1.13 bits per heavy atom. The van der Waals surface area contributed by atoms with Crippen molar-refractivity contribution in [2.24, 2.45) is 0 Å². The predicted molar refractivity (Wildman–Crippen MR) is 84.7 cm³/mol. The molecule has 0 saturated carbocycles. The maximum Gasteiger partial charge on any atom is 0.305 e. The molecular weight excluding hydrogens is 297 g/mol. The number of hydrogen-bond donors (Lipinski definition) is 2.